The van der Waals surface area contributed by atoms with Gasteiger partial charge in [0.25, 0.3) is 0 Å². The van der Waals surface area contributed by atoms with Crippen molar-refractivity contribution in [3.05, 3.63) is 54.2 Å². The second-order valence-electron chi connectivity index (χ2n) is 7.08. The smallest absolute Gasteiger partial charge is 0.318 e. The van der Waals surface area contributed by atoms with E-state index < -0.39 is 5.60 Å². The number of hydrogen-bond donors (Lipinski definition) is 2. The third-order valence-electron chi connectivity index (χ3n) is 4.66. The Balaban J connectivity index is 1.65. The third-order valence-corrected chi connectivity index (χ3v) is 4.66. The van der Waals surface area contributed by atoms with Crippen LogP contribution in [0.25, 0.3) is 11.3 Å². The topological polar surface area (TPSA) is 65.5 Å². The summed E-state index contributed by atoms with van der Waals surface area (Å²) in [4.78, 5) is 18.6. The van der Waals surface area contributed by atoms with Crippen molar-refractivity contribution in [2.75, 3.05) is 6.54 Å². The number of aromatic nitrogens is 1. The van der Waals surface area contributed by atoms with Gasteiger partial charge in [-0.2, -0.15) is 0 Å². The maximum atomic E-state index is 12.5. The summed E-state index contributed by atoms with van der Waals surface area (Å²) in [6.45, 7) is 4.67. The molecule has 0 bridgehead atoms. The van der Waals surface area contributed by atoms with Crippen molar-refractivity contribution in [1.29, 1.82) is 0 Å². The van der Waals surface area contributed by atoms with Crippen molar-refractivity contribution in [3.8, 4) is 11.3 Å². The molecule has 5 nitrogen and oxygen atoms in total. The largest absolute Gasteiger partial charge is 0.388 e. The molecule has 2 aromatic rings. The Hall–Kier alpha value is -2.40. The summed E-state index contributed by atoms with van der Waals surface area (Å²) in [7, 11) is 0. The highest BCUT2D eigenvalue weighted by atomic mass is 16.3. The zero-order valence-electron chi connectivity index (χ0n) is 14.8. The highest BCUT2D eigenvalue weighted by Crippen LogP contribution is 2.26. The maximum Gasteiger partial charge on any atom is 0.318 e. The number of carbonyl (C=O) groups excluding carboxylic acids is 1. The molecule has 1 atom stereocenters. The predicted molar refractivity (Wildman–Crippen MR) is 97.9 cm³/mol. The third kappa shape index (κ3) is 4.17. The average Bonchev–Trinajstić information content (AvgIpc) is 3.11. The number of urea groups is 1. The van der Waals surface area contributed by atoms with Crippen LogP contribution in [-0.4, -0.2) is 39.2 Å². The Morgan fingerprint density at radius 2 is 2.16 bits per heavy atom. The molecule has 0 saturated carbocycles. The van der Waals surface area contributed by atoms with Gasteiger partial charge in [0.05, 0.1) is 17.3 Å². The molecule has 1 aliphatic rings. The molecule has 0 aliphatic carbocycles. The van der Waals surface area contributed by atoms with Gasteiger partial charge in [0, 0.05) is 24.8 Å². The number of carbonyl (C=O) groups is 1. The first kappa shape index (κ1) is 17.4. The Morgan fingerprint density at radius 1 is 1.32 bits per heavy atom. The second kappa shape index (κ2) is 7.23. The molecule has 0 radical (unpaired) electrons. The Bertz CT molecular complexity index is 725. The number of aliphatic hydroxyl groups is 1. The molecule has 1 saturated heterocycles. The number of nitrogens with one attached hydrogen (secondary N) is 1. The Morgan fingerprint density at radius 3 is 2.88 bits per heavy atom. The van der Waals surface area contributed by atoms with Crippen LogP contribution >= 0.6 is 0 Å². The SMILES string of the molecule is CC(C)(O)[C@H]1CCCN1C(=O)NCc1cccc(-c2ccccn2)c1. The lowest BCUT2D eigenvalue weighted by atomic mass is 9.97. The lowest BCUT2D eigenvalue weighted by molar-refractivity contribution is 0.00979. The molecule has 2 amide bonds. The molecule has 1 aromatic carbocycles. The van der Waals surface area contributed by atoms with Crippen LogP contribution in [0.4, 0.5) is 4.79 Å². The van der Waals surface area contributed by atoms with Crippen LogP contribution in [0.2, 0.25) is 0 Å². The van der Waals surface area contributed by atoms with Crippen LogP contribution < -0.4 is 5.32 Å². The van der Waals surface area contributed by atoms with Crippen molar-refractivity contribution >= 4 is 6.03 Å². The second-order valence-corrected chi connectivity index (χ2v) is 7.08. The molecule has 0 spiro atoms. The minimum atomic E-state index is -0.882. The summed E-state index contributed by atoms with van der Waals surface area (Å²) < 4.78 is 0. The monoisotopic (exact) mass is 339 g/mol. The van der Waals surface area contributed by atoms with Crippen molar-refractivity contribution in [3.63, 3.8) is 0 Å². The summed E-state index contributed by atoms with van der Waals surface area (Å²) in [5, 5.41) is 13.2. The number of nitrogens with zero attached hydrogens (tertiary/aromatic N) is 2. The van der Waals surface area contributed by atoms with Crippen LogP contribution in [0.5, 0.6) is 0 Å². The number of hydrogen-bond acceptors (Lipinski definition) is 3. The van der Waals surface area contributed by atoms with E-state index in [0.717, 1.165) is 29.7 Å². The number of likely N-dealkylation sites (tertiary alicyclic amines) is 1. The highest BCUT2D eigenvalue weighted by molar-refractivity contribution is 5.75. The molecule has 1 fully saturated rings. The van der Waals surface area contributed by atoms with Crippen molar-refractivity contribution in [2.24, 2.45) is 0 Å². The fourth-order valence-electron chi connectivity index (χ4n) is 3.40. The first-order chi connectivity index (χ1) is 11.9. The lowest BCUT2D eigenvalue weighted by Gasteiger charge is -2.33. The van der Waals surface area contributed by atoms with Gasteiger partial charge in [-0.25, -0.2) is 4.79 Å². The van der Waals surface area contributed by atoms with Gasteiger partial charge in [0.15, 0.2) is 0 Å². The van der Waals surface area contributed by atoms with E-state index in [0.29, 0.717) is 13.1 Å². The van der Waals surface area contributed by atoms with Crippen LogP contribution in [0.1, 0.15) is 32.3 Å². The number of benzene rings is 1. The first-order valence-electron chi connectivity index (χ1n) is 8.72. The van der Waals surface area contributed by atoms with E-state index in [4.69, 9.17) is 0 Å². The predicted octanol–water partition coefficient (Wildman–Crippen LogP) is 3.19. The van der Waals surface area contributed by atoms with Crippen LogP contribution in [0.15, 0.2) is 48.7 Å². The van der Waals surface area contributed by atoms with E-state index in [1.807, 2.05) is 42.5 Å². The summed E-state index contributed by atoms with van der Waals surface area (Å²) in [5.74, 6) is 0. The van der Waals surface area contributed by atoms with Crippen molar-refractivity contribution in [1.82, 2.24) is 15.2 Å². The number of amides is 2. The molecule has 132 valence electrons. The van der Waals surface area contributed by atoms with E-state index in [1.54, 1.807) is 24.9 Å². The van der Waals surface area contributed by atoms with Gasteiger partial charge in [-0.1, -0.05) is 24.3 Å². The van der Waals surface area contributed by atoms with Gasteiger partial charge in [-0.05, 0) is 50.5 Å². The zero-order chi connectivity index (χ0) is 17.9. The molecule has 1 aromatic heterocycles. The van der Waals surface area contributed by atoms with Gasteiger partial charge in [-0.3, -0.25) is 4.98 Å². The fourth-order valence-corrected chi connectivity index (χ4v) is 3.40. The van der Waals surface area contributed by atoms with Gasteiger partial charge in [-0.15, -0.1) is 0 Å². The van der Waals surface area contributed by atoms with Crippen molar-refractivity contribution in [2.45, 2.75) is 44.9 Å². The highest BCUT2D eigenvalue weighted by Gasteiger charge is 2.38. The lowest BCUT2D eigenvalue weighted by Crippen LogP contribution is -2.51. The summed E-state index contributed by atoms with van der Waals surface area (Å²) >= 11 is 0. The van der Waals surface area contributed by atoms with Gasteiger partial charge in [0.2, 0.25) is 0 Å². The molecule has 3 rings (SSSR count). The van der Waals surface area contributed by atoms with E-state index in [2.05, 4.69) is 10.3 Å². The number of rotatable bonds is 4. The quantitative estimate of drug-likeness (QED) is 0.899. The molecule has 5 heteroatoms. The molecular formula is C20H25N3O2. The molecule has 2 N–H and O–H groups in total. The molecule has 0 unspecified atom stereocenters. The zero-order valence-corrected chi connectivity index (χ0v) is 14.8. The van der Waals surface area contributed by atoms with Crippen LogP contribution in [0, 0.1) is 0 Å². The standard InChI is InChI=1S/C20H25N3O2/c1-20(2,25)18-10-6-12-23(18)19(24)22-14-15-7-5-8-16(13-15)17-9-3-4-11-21-17/h3-5,7-9,11,13,18,25H,6,10,12,14H2,1-2H3,(H,22,24)/t18-/m1/s1. The average molecular weight is 339 g/mol. The number of pyridine rings is 1. The molecular weight excluding hydrogens is 314 g/mol. The van der Waals surface area contributed by atoms with Crippen LogP contribution in [-0.2, 0) is 6.54 Å². The summed E-state index contributed by atoms with van der Waals surface area (Å²) in [5.41, 5.74) is 2.09. The van der Waals surface area contributed by atoms with E-state index in [-0.39, 0.29) is 12.1 Å². The van der Waals surface area contributed by atoms with Crippen LogP contribution in [0.3, 0.4) is 0 Å². The minimum Gasteiger partial charge on any atom is -0.388 e. The first-order valence-corrected chi connectivity index (χ1v) is 8.72. The van der Waals surface area contributed by atoms with Crippen molar-refractivity contribution < 1.29 is 9.90 Å². The minimum absolute atomic E-state index is 0.118. The Kier molecular flexibility index (Phi) is 5.04. The molecule has 1 aliphatic heterocycles. The van der Waals surface area contributed by atoms with E-state index in [9.17, 15) is 9.90 Å². The van der Waals surface area contributed by atoms with Gasteiger partial charge < -0.3 is 15.3 Å². The summed E-state index contributed by atoms with van der Waals surface area (Å²) in [6.07, 6.45) is 3.54. The molecule has 25 heavy (non-hydrogen) atoms. The molecule has 2 heterocycles. The normalized spacial score (nSPS) is 17.6. The van der Waals surface area contributed by atoms with Gasteiger partial charge in [0.1, 0.15) is 0 Å². The summed E-state index contributed by atoms with van der Waals surface area (Å²) in [6, 6.07) is 13.6. The van der Waals surface area contributed by atoms with E-state index in [1.165, 1.54) is 0 Å². The fraction of sp³-hybridized carbons (Fsp3) is 0.400. The van der Waals surface area contributed by atoms with E-state index >= 15 is 0 Å². The van der Waals surface area contributed by atoms with Gasteiger partial charge >= 0.3 is 6.03 Å². The maximum absolute atomic E-state index is 12.5. The Labute approximate surface area is 148 Å².